The highest BCUT2D eigenvalue weighted by Gasteiger charge is 2.19. The second kappa shape index (κ2) is 53.9. The Bertz CT molecular complexity index is 1330. The summed E-state index contributed by atoms with van der Waals surface area (Å²) in [6, 6.07) is 0. The summed E-state index contributed by atoms with van der Waals surface area (Å²) in [7, 11) is 0. The quantitative estimate of drug-likeness (QED) is 0.0262. The first kappa shape index (κ1) is 62.3. The first-order chi connectivity index (χ1) is 32.5. The zero-order valence-electron chi connectivity index (χ0n) is 42.9. The molecule has 0 heterocycles. The molecule has 376 valence electrons. The van der Waals surface area contributed by atoms with E-state index in [-0.39, 0.29) is 37.5 Å². The van der Waals surface area contributed by atoms with Crippen LogP contribution in [0.15, 0.2) is 97.2 Å². The Morgan fingerprint density at radius 1 is 0.318 bits per heavy atom. The molecule has 0 spiro atoms. The number of carbonyl (C=O) groups is 3. The minimum atomic E-state index is -0.805. The molecule has 1 unspecified atom stereocenters. The van der Waals surface area contributed by atoms with Gasteiger partial charge < -0.3 is 14.2 Å². The molecule has 0 saturated carbocycles. The monoisotopic (exact) mass is 917 g/mol. The third-order valence-electron chi connectivity index (χ3n) is 11.3. The highest BCUT2D eigenvalue weighted by molar-refractivity contribution is 5.71. The minimum absolute atomic E-state index is 0.0982. The molecular weight excluding hydrogens is 817 g/mol. The predicted molar refractivity (Wildman–Crippen MR) is 284 cm³/mol. The maximum atomic E-state index is 12.8. The van der Waals surface area contributed by atoms with Crippen LogP contribution in [0.3, 0.4) is 0 Å². The number of ether oxygens (including phenoxy) is 3. The number of carbonyl (C=O) groups excluding carboxylic acids is 3. The average Bonchev–Trinajstić information content (AvgIpc) is 3.31. The van der Waals surface area contributed by atoms with Crippen molar-refractivity contribution in [1.82, 2.24) is 0 Å². The summed E-state index contributed by atoms with van der Waals surface area (Å²) in [6.07, 6.45) is 71.1. The third kappa shape index (κ3) is 51.3. The maximum Gasteiger partial charge on any atom is 0.306 e. The average molecular weight is 917 g/mol. The Hall–Kier alpha value is -3.67. The summed E-state index contributed by atoms with van der Waals surface area (Å²) in [5, 5.41) is 0. The Kier molecular flexibility index (Phi) is 50.9. The lowest BCUT2D eigenvalue weighted by atomic mass is 10.0. The summed E-state index contributed by atoms with van der Waals surface area (Å²) in [6.45, 7) is 6.36. The lowest BCUT2D eigenvalue weighted by Gasteiger charge is -2.18. The lowest BCUT2D eigenvalue weighted by molar-refractivity contribution is -0.167. The molecule has 0 N–H and O–H groups in total. The van der Waals surface area contributed by atoms with Crippen LogP contribution in [0.5, 0.6) is 0 Å². The van der Waals surface area contributed by atoms with Gasteiger partial charge in [-0.25, -0.2) is 0 Å². The highest BCUT2D eigenvalue weighted by atomic mass is 16.6. The number of hydrogen-bond acceptors (Lipinski definition) is 6. The highest BCUT2D eigenvalue weighted by Crippen LogP contribution is 2.15. The van der Waals surface area contributed by atoms with Gasteiger partial charge in [0.05, 0.1) is 0 Å². The molecule has 0 aliphatic rings. The molecule has 0 aliphatic heterocycles. The van der Waals surface area contributed by atoms with Gasteiger partial charge in [-0.1, -0.05) is 234 Å². The zero-order chi connectivity index (χ0) is 47.9. The Morgan fingerprint density at radius 3 is 0.985 bits per heavy atom. The fourth-order valence-electron chi connectivity index (χ4n) is 7.32. The lowest BCUT2D eigenvalue weighted by Crippen LogP contribution is -2.30. The van der Waals surface area contributed by atoms with Crippen molar-refractivity contribution < 1.29 is 28.6 Å². The van der Waals surface area contributed by atoms with Gasteiger partial charge in [0, 0.05) is 19.3 Å². The Morgan fingerprint density at radius 2 is 0.606 bits per heavy atom. The van der Waals surface area contributed by atoms with Crippen molar-refractivity contribution in [3.8, 4) is 0 Å². The van der Waals surface area contributed by atoms with Gasteiger partial charge in [0.1, 0.15) is 13.2 Å². The van der Waals surface area contributed by atoms with E-state index in [0.717, 1.165) is 103 Å². The van der Waals surface area contributed by atoms with Crippen LogP contribution >= 0.6 is 0 Å². The van der Waals surface area contributed by atoms with Crippen molar-refractivity contribution in [2.24, 2.45) is 0 Å². The minimum Gasteiger partial charge on any atom is -0.462 e. The second-order valence-corrected chi connectivity index (χ2v) is 17.7. The molecule has 0 radical (unpaired) electrons. The molecule has 0 aromatic heterocycles. The molecule has 0 rings (SSSR count). The van der Waals surface area contributed by atoms with E-state index in [2.05, 4.69) is 118 Å². The van der Waals surface area contributed by atoms with Crippen LogP contribution in [0, 0.1) is 0 Å². The van der Waals surface area contributed by atoms with Gasteiger partial charge in [-0.3, -0.25) is 14.4 Å². The molecule has 1 atom stereocenters. The molecule has 0 bridgehead atoms. The van der Waals surface area contributed by atoms with E-state index in [4.69, 9.17) is 14.2 Å². The van der Waals surface area contributed by atoms with E-state index < -0.39 is 6.10 Å². The van der Waals surface area contributed by atoms with Crippen LogP contribution in [0.2, 0.25) is 0 Å². The number of esters is 3. The first-order valence-electron chi connectivity index (χ1n) is 27.2. The van der Waals surface area contributed by atoms with Crippen molar-refractivity contribution in [2.45, 2.75) is 252 Å². The van der Waals surface area contributed by atoms with Gasteiger partial charge in [-0.2, -0.15) is 0 Å². The van der Waals surface area contributed by atoms with E-state index in [0.29, 0.717) is 19.3 Å². The van der Waals surface area contributed by atoms with Gasteiger partial charge >= 0.3 is 17.9 Å². The smallest absolute Gasteiger partial charge is 0.306 e. The van der Waals surface area contributed by atoms with Crippen molar-refractivity contribution in [1.29, 1.82) is 0 Å². The SMILES string of the molecule is CC/C=C\C/C=C\C/C=C\C/C=C\C/C=C\CCCC(=O)OCC(COC(=O)CCCCCCCCCCCCCCCC)OC(=O)CCCCCCCCC/C=C\C/C=C\C/C=C\CC. The van der Waals surface area contributed by atoms with Crippen molar-refractivity contribution >= 4 is 17.9 Å². The van der Waals surface area contributed by atoms with E-state index in [1.165, 1.54) is 96.3 Å². The Balaban J connectivity index is 4.49. The molecule has 0 aliphatic carbocycles. The normalized spacial score (nSPS) is 12.8. The number of unbranched alkanes of at least 4 members (excludes halogenated alkanes) is 21. The van der Waals surface area contributed by atoms with Crippen LogP contribution < -0.4 is 0 Å². The topological polar surface area (TPSA) is 78.9 Å². The molecule has 6 nitrogen and oxygen atoms in total. The Labute approximate surface area is 407 Å². The van der Waals surface area contributed by atoms with Gasteiger partial charge in [0.15, 0.2) is 6.10 Å². The number of hydrogen-bond donors (Lipinski definition) is 0. The van der Waals surface area contributed by atoms with E-state index in [1.54, 1.807) is 0 Å². The molecule has 0 aromatic carbocycles. The maximum absolute atomic E-state index is 12.8. The molecule has 6 heteroatoms. The van der Waals surface area contributed by atoms with E-state index in [1.807, 2.05) is 0 Å². The van der Waals surface area contributed by atoms with Crippen molar-refractivity contribution in [3.05, 3.63) is 97.2 Å². The van der Waals surface area contributed by atoms with Crippen molar-refractivity contribution in [2.75, 3.05) is 13.2 Å². The van der Waals surface area contributed by atoms with Crippen molar-refractivity contribution in [3.63, 3.8) is 0 Å². The van der Waals surface area contributed by atoms with Crippen LogP contribution in [-0.4, -0.2) is 37.2 Å². The van der Waals surface area contributed by atoms with E-state index in [9.17, 15) is 14.4 Å². The summed E-state index contributed by atoms with van der Waals surface area (Å²) in [4.78, 5) is 38.1. The summed E-state index contributed by atoms with van der Waals surface area (Å²) < 4.78 is 16.8. The summed E-state index contributed by atoms with van der Waals surface area (Å²) >= 11 is 0. The molecule has 0 amide bonds. The van der Waals surface area contributed by atoms with Gasteiger partial charge in [0.2, 0.25) is 0 Å². The third-order valence-corrected chi connectivity index (χ3v) is 11.3. The van der Waals surface area contributed by atoms with Crippen LogP contribution in [0.1, 0.15) is 245 Å². The fraction of sp³-hybridized carbons (Fsp3) is 0.683. The molecular formula is C60H100O6. The second-order valence-electron chi connectivity index (χ2n) is 17.7. The molecule has 0 aromatic rings. The standard InChI is InChI=1S/C60H100O6/c1-4-7-10-13-16-19-22-25-28-30-32-35-38-41-44-47-50-53-59(62)65-56-57(55-64-58(61)52-49-46-43-40-37-34-27-24-21-18-15-12-9-6-3)66-60(63)54-51-48-45-42-39-36-33-31-29-26-23-20-17-14-11-8-5-2/h7-8,10-11,16-17,19-20,25-26,28-29,32,35,41,44,57H,4-6,9,12-15,18,21-24,27,30-31,33-34,36-40,42-43,45-56H2,1-3H3/b10-7-,11-8-,19-16-,20-17-,28-25-,29-26-,35-32-,44-41-. The number of rotatable bonds is 48. The van der Waals surface area contributed by atoms with Crippen LogP contribution in [-0.2, 0) is 28.6 Å². The summed E-state index contributed by atoms with van der Waals surface area (Å²) in [5.41, 5.74) is 0. The van der Waals surface area contributed by atoms with Gasteiger partial charge in [-0.15, -0.1) is 0 Å². The predicted octanol–water partition coefficient (Wildman–Crippen LogP) is 18.1. The number of allylic oxidation sites excluding steroid dienone is 16. The van der Waals surface area contributed by atoms with E-state index >= 15 is 0 Å². The first-order valence-corrected chi connectivity index (χ1v) is 27.2. The molecule has 0 saturated heterocycles. The van der Waals surface area contributed by atoms with Gasteiger partial charge in [-0.05, 0) is 89.9 Å². The van der Waals surface area contributed by atoms with Gasteiger partial charge in [0.25, 0.3) is 0 Å². The molecule has 0 fully saturated rings. The molecule has 66 heavy (non-hydrogen) atoms. The summed E-state index contributed by atoms with van der Waals surface area (Å²) in [5.74, 6) is -0.967. The fourth-order valence-corrected chi connectivity index (χ4v) is 7.32. The largest absolute Gasteiger partial charge is 0.462 e. The van der Waals surface area contributed by atoms with Crippen LogP contribution in [0.25, 0.3) is 0 Å². The van der Waals surface area contributed by atoms with Crippen LogP contribution in [0.4, 0.5) is 0 Å². The zero-order valence-corrected chi connectivity index (χ0v) is 42.9.